The number of aromatic nitrogens is 7. The highest BCUT2D eigenvalue weighted by molar-refractivity contribution is 5.82. The molecule has 1 aliphatic rings. The first-order valence-electron chi connectivity index (χ1n) is 15.1. The van der Waals surface area contributed by atoms with Gasteiger partial charge < -0.3 is 19.9 Å². The van der Waals surface area contributed by atoms with E-state index in [0.29, 0.717) is 0 Å². The van der Waals surface area contributed by atoms with Crippen molar-refractivity contribution < 1.29 is 13.7 Å². The molecule has 0 aliphatic carbocycles. The van der Waals surface area contributed by atoms with E-state index in [1.165, 1.54) is 0 Å². The van der Waals surface area contributed by atoms with E-state index in [-0.39, 0.29) is 0 Å². The van der Waals surface area contributed by atoms with Crippen LogP contribution in [0.4, 0.5) is 0 Å². The Kier molecular flexibility index (Phi) is 6.31. The quantitative estimate of drug-likeness (QED) is 0.225. The van der Waals surface area contributed by atoms with Gasteiger partial charge in [0.05, 0.1) is 0 Å². The van der Waals surface area contributed by atoms with Gasteiger partial charge in [-0.1, -0.05) is 0 Å². The van der Waals surface area contributed by atoms with Crippen LogP contribution in [-0.2, 0) is 21.1 Å². The molecule has 8 bridgehead atoms. The van der Waals surface area contributed by atoms with Crippen LogP contribution in [0, 0.1) is 0 Å². The van der Waals surface area contributed by atoms with E-state index in [1.54, 1.807) is 0 Å². The largest absolute Gasteiger partial charge is 0.355 e. The molecule has 0 atom stereocenters. The maximum absolute atomic E-state index is 3.82. The van der Waals surface area contributed by atoms with E-state index in [4.69, 9.17) is 0 Å². The smallest absolute Gasteiger partial charge is 0.169 e. The first-order valence-corrected chi connectivity index (χ1v) is 15.1. The highest BCUT2D eigenvalue weighted by Crippen LogP contribution is 2.25. The minimum absolute atomic E-state index is 1.02. The maximum atomic E-state index is 3.82. The van der Waals surface area contributed by atoms with Gasteiger partial charge in [-0.2, -0.15) is 0 Å². The minimum atomic E-state index is 1.02. The van der Waals surface area contributed by atoms with Crippen molar-refractivity contribution in [3.05, 3.63) is 183 Å². The molecule has 7 heteroatoms. The van der Waals surface area contributed by atoms with Crippen LogP contribution in [0.15, 0.2) is 122 Å². The van der Waals surface area contributed by atoms with Crippen LogP contribution < -0.4 is 35.1 Å². The lowest BCUT2D eigenvalue weighted by Crippen LogP contribution is -2.26. The van der Waals surface area contributed by atoms with Crippen LogP contribution >= 0.6 is 0 Å². The molecule has 0 aromatic carbocycles. The summed E-state index contributed by atoms with van der Waals surface area (Å²) in [4.78, 5) is 15.0. The van der Waals surface area contributed by atoms with Gasteiger partial charge in [-0.25, -0.2) is 13.7 Å². The third kappa shape index (κ3) is 4.94. The van der Waals surface area contributed by atoms with Crippen molar-refractivity contribution in [3.8, 4) is 0 Å². The normalized spacial score (nSPS) is 12.8. The number of rotatable bonds is 3. The Bertz CT molecular complexity index is 2430. The summed E-state index contributed by atoms with van der Waals surface area (Å²) in [5, 5.41) is 4.14. The molecule has 0 unspecified atom stereocenters. The zero-order valence-electron chi connectivity index (χ0n) is 25.5. The molecule has 7 nitrogen and oxygen atoms in total. The average Bonchev–Trinajstić information content (AvgIpc) is 3.87. The van der Waals surface area contributed by atoms with Gasteiger partial charge in [-0.3, -0.25) is 0 Å². The van der Waals surface area contributed by atoms with Crippen LogP contribution in [-0.4, -0.2) is 19.9 Å². The molecule has 0 fully saturated rings. The lowest BCUT2D eigenvalue weighted by Gasteiger charge is -2.08. The third-order valence-electron chi connectivity index (χ3n) is 8.52. The van der Waals surface area contributed by atoms with Gasteiger partial charge in [0.1, 0.15) is 21.1 Å². The van der Waals surface area contributed by atoms with E-state index in [0.717, 1.165) is 77.6 Å². The van der Waals surface area contributed by atoms with Crippen molar-refractivity contribution in [1.29, 1.82) is 0 Å². The predicted octanol–water partition coefficient (Wildman–Crippen LogP) is 1.36. The fourth-order valence-electron chi connectivity index (χ4n) is 6.20. The van der Waals surface area contributed by atoms with Crippen molar-refractivity contribution in [3.63, 3.8) is 0 Å². The van der Waals surface area contributed by atoms with E-state index >= 15 is 0 Å². The number of aryl methyl sites for hydroxylation is 3. The fraction of sp³-hybridized carbons (Fsp3) is 0.0789. The van der Waals surface area contributed by atoms with Crippen molar-refractivity contribution in [2.45, 2.75) is 0 Å². The van der Waals surface area contributed by atoms with Crippen LogP contribution in [0.1, 0.15) is 39.5 Å². The molecule has 0 spiro atoms. The Hall–Kier alpha value is -5.95. The number of aromatic amines is 4. The summed E-state index contributed by atoms with van der Waals surface area (Å²) in [5.74, 6) is 0. The first-order chi connectivity index (χ1) is 22.0. The second kappa shape index (κ2) is 10.6. The molecule has 0 amide bonds. The van der Waals surface area contributed by atoms with Crippen LogP contribution in [0.25, 0.3) is 22.8 Å². The van der Waals surface area contributed by atoms with Gasteiger partial charge in [0, 0.05) is 97.3 Å². The monoisotopic (exact) mass is 588 g/mol. The Labute approximate surface area is 260 Å². The Balaban J connectivity index is 1.48. The Morgan fingerprint density at radius 1 is 0.378 bits per heavy atom. The number of nitrogens with zero attached hydrogens (tertiary/aromatic N) is 3. The summed E-state index contributed by atoms with van der Waals surface area (Å²) in [6.07, 6.45) is 14.7. The van der Waals surface area contributed by atoms with Crippen LogP contribution in [0.5, 0.6) is 0 Å². The molecule has 0 radical (unpaired) electrons. The van der Waals surface area contributed by atoms with Gasteiger partial charge in [0.15, 0.2) is 37.2 Å². The summed E-state index contributed by atoms with van der Waals surface area (Å²) in [5.41, 5.74) is 10.8. The molecular weight excluding hydrogens is 554 g/mol. The number of hydrogen-bond donors (Lipinski definition) is 4. The van der Waals surface area contributed by atoms with Gasteiger partial charge in [-0.15, -0.1) is 0 Å². The van der Waals surface area contributed by atoms with Crippen molar-refractivity contribution in [2.75, 3.05) is 0 Å². The summed E-state index contributed by atoms with van der Waals surface area (Å²) >= 11 is 0. The molecule has 8 heterocycles. The van der Waals surface area contributed by atoms with Crippen molar-refractivity contribution in [2.24, 2.45) is 21.1 Å². The summed E-state index contributed by atoms with van der Waals surface area (Å²) < 4.78 is 6.17. The van der Waals surface area contributed by atoms with Crippen LogP contribution in [0.3, 0.4) is 0 Å². The predicted molar refractivity (Wildman–Crippen MR) is 173 cm³/mol. The molecule has 7 aromatic rings. The van der Waals surface area contributed by atoms with Gasteiger partial charge in [-0.05, 0) is 71.3 Å². The Morgan fingerprint density at radius 2 is 0.778 bits per heavy atom. The highest BCUT2D eigenvalue weighted by Gasteiger charge is 2.17. The van der Waals surface area contributed by atoms with Crippen molar-refractivity contribution >= 4 is 22.8 Å². The molecule has 1 aliphatic heterocycles. The zero-order valence-corrected chi connectivity index (χ0v) is 25.5. The maximum Gasteiger partial charge on any atom is 0.169 e. The minimum Gasteiger partial charge on any atom is -0.355 e. The van der Waals surface area contributed by atoms with E-state index in [9.17, 15) is 0 Å². The summed E-state index contributed by atoms with van der Waals surface area (Å²) in [6, 6.07) is 30.3. The molecule has 218 valence electrons. The fourth-order valence-corrected chi connectivity index (χ4v) is 6.20. The third-order valence-corrected chi connectivity index (χ3v) is 8.52. The van der Waals surface area contributed by atoms with Gasteiger partial charge >= 0.3 is 0 Å². The Morgan fingerprint density at radius 3 is 1.27 bits per heavy atom. The molecule has 0 saturated heterocycles. The first kappa shape index (κ1) is 26.7. The van der Waals surface area contributed by atoms with Gasteiger partial charge in [0.2, 0.25) is 0 Å². The molecule has 45 heavy (non-hydrogen) atoms. The number of hydrogen-bond acceptors (Lipinski definition) is 0. The van der Waals surface area contributed by atoms with Gasteiger partial charge in [0.25, 0.3) is 0 Å². The number of nitrogens with one attached hydrogen (secondary N) is 4. The van der Waals surface area contributed by atoms with Crippen LogP contribution in [0.2, 0.25) is 0 Å². The lowest BCUT2D eigenvalue weighted by molar-refractivity contribution is -0.671. The SMILES string of the molecule is C[n+]1ccc(C2=c3ccc([nH]3)=Cc3ccc([nH]3)C(c3cc[n+](C)cc3)=c3ccc([nH]3)=C(c3cc[n+](C)cc3)c3ccc2[nH]3)cc1. The standard InChI is InChI=1S/C38H32N7/c1-43-18-12-25(13-19-43)36-30-6-4-28(39-30)24-29-5-7-31(40-29)37(26-14-20-44(2)21-15-26)33-9-11-35(42-33)38(34-10-8-32(36)41-34)27-16-22-45(3)23-17-27/h4-24H,1-3H3,(H2,39,40,41,42)/q+1/p+2. The molecule has 0 saturated carbocycles. The summed E-state index contributed by atoms with van der Waals surface area (Å²) in [6.45, 7) is 0. The average molecular weight is 589 g/mol. The topological polar surface area (TPSA) is 74.8 Å². The molecular formula is C38H34N7+3. The molecule has 7 aromatic heterocycles. The van der Waals surface area contributed by atoms with E-state index < -0.39 is 0 Å². The van der Waals surface area contributed by atoms with E-state index in [2.05, 4.69) is 162 Å². The van der Waals surface area contributed by atoms with E-state index in [1.807, 2.05) is 21.1 Å². The number of H-pyrrole nitrogens is 4. The lowest BCUT2D eigenvalue weighted by atomic mass is 10.0. The zero-order chi connectivity index (χ0) is 30.5. The number of fused-ring (bicyclic) bond motifs is 8. The van der Waals surface area contributed by atoms with Crippen molar-refractivity contribution in [1.82, 2.24) is 19.9 Å². The second-order valence-electron chi connectivity index (χ2n) is 11.8. The summed E-state index contributed by atoms with van der Waals surface area (Å²) in [7, 11) is 6.12. The molecule has 4 N–H and O–H groups in total. The highest BCUT2D eigenvalue weighted by atomic mass is 14.9. The molecule has 8 rings (SSSR count). The second-order valence-corrected chi connectivity index (χ2v) is 11.8. The number of pyridine rings is 3.